The van der Waals surface area contributed by atoms with Gasteiger partial charge in [0.25, 0.3) is 0 Å². The third-order valence-electron chi connectivity index (χ3n) is 3.17. The molecule has 1 aliphatic rings. The van der Waals surface area contributed by atoms with E-state index in [1.807, 2.05) is 0 Å². The van der Waals surface area contributed by atoms with Crippen LogP contribution in [0.3, 0.4) is 0 Å². The Hall–Kier alpha value is -0.120. The molecule has 1 atom stereocenters. The Kier molecular flexibility index (Phi) is 6.22. The van der Waals surface area contributed by atoms with Gasteiger partial charge in [0, 0.05) is 32.3 Å². The molecule has 0 radical (unpaired) electrons. The Morgan fingerprint density at radius 3 is 2.80 bits per heavy atom. The Morgan fingerprint density at radius 1 is 1.47 bits per heavy atom. The van der Waals surface area contributed by atoms with Crippen LogP contribution in [0.25, 0.3) is 0 Å². The lowest BCUT2D eigenvalue weighted by Crippen LogP contribution is -2.37. The van der Waals surface area contributed by atoms with E-state index in [9.17, 15) is 0 Å². The highest BCUT2D eigenvalue weighted by Crippen LogP contribution is 2.10. The SMILES string of the molecule is CCN(CCNCC1CCOC1)C(C)C. The number of ether oxygens (including phenoxy) is 1. The van der Waals surface area contributed by atoms with E-state index in [1.54, 1.807) is 0 Å². The van der Waals surface area contributed by atoms with Crippen molar-refractivity contribution in [3.05, 3.63) is 0 Å². The second-order valence-electron chi connectivity index (χ2n) is 4.66. The first kappa shape index (κ1) is 12.9. The number of hydrogen-bond acceptors (Lipinski definition) is 3. The molecule has 0 bridgehead atoms. The van der Waals surface area contributed by atoms with Crippen LogP contribution < -0.4 is 5.32 Å². The van der Waals surface area contributed by atoms with Crippen LogP contribution in [0.5, 0.6) is 0 Å². The fourth-order valence-electron chi connectivity index (χ4n) is 2.05. The maximum Gasteiger partial charge on any atom is 0.0507 e. The topological polar surface area (TPSA) is 24.5 Å². The molecule has 1 aliphatic heterocycles. The van der Waals surface area contributed by atoms with Crippen LogP contribution in [0.15, 0.2) is 0 Å². The van der Waals surface area contributed by atoms with E-state index in [1.165, 1.54) is 6.42 Å². The molecule has 0 aromatic rings. The lowest BCUT2D eigenvalue weighted by molar-refractivity contribution is 0.184. The molecule has 1 heterocycles. The van der Waals surface area contributed by atoms with Gasteiger partial charge in [-0.05, 0) is 32.7 Å². The van der Waals surface area contributed by atoms with Crippen LogP contribution in [0.2, 0.25) is 0 Å². The van der Waals surface area contributed by atoms with Crippen LogP contribution in [-0.4, -0.2) is 50.3 Å². The Balaban J connectivity index is 1.99. The minimum Gasteiger partial charge on any atom is -0.381 e. The van der Waals surface area contributed by atoms with Crippen molar-refractivity contribution in [3.8, 4) is 0 Å². The Bertz CT molecular complexity index is 156. The molecular weight excluding hydrogens is 188 g/mol. The molecule has 1 rings (SSSR count). The maximum atomic E-state index is 5.34. The molecule has 0 spiro atoms. The normalized spacial score (nSPS) is 21.8. The lowest BCUT2D eigenvalue weighted by atomic mass is 10.1. The fourth-order valence-corrected chi connectivity index (χ4v) is 2.05. The van der Waals surface area contributed by atoms with Gasteiger partial charge < -0.3 is 10.1 Å². The number of likely N-dealkylation sites (N-methyl/N-ethyl adjacent to an activating group) is 1. The summed E-state index contributed by atoms with van der Waals surface area (Å²) in [5.41, 5.74) is 0. The van der Waals surface area contributed by atoms with Crippen LogP contribution in [0, 0.1) is 5.92 Å². The first-order valence-corrected chi connectivity index (χ1v) is 6.26. The zero-order chi connectivity index (χ0) is 11.1. The first-order valence-electron chi connectivity index (χ1n) is 6.26. The molecule has 0 aromatic heterocycles. The number of rotatable bonds is 7. The van der Waals surface area contributed by atoms with Crippen molar-refractivity contribution in [2.75, 3.05) is 39.4 Å². The van der Waals surface area contributed by atoms with Gasteiger partial charge in [-0.15, -0.1) is 0 Å². The molecule has 1 fully saturated rings. The van der Waals surface area contributed by atoms with E-state index >= 15 is 0 Å². The van der Waals surface area contributed by atoms with Crippen molar-refractivity contribution in [1.29, 1.82) is 0 Å². The summed E-state index contributed by atoms with van der Waals surface area (Å²) in [6.07, 6.45) is 1.23. The second-order valence-corrected chi connectivity index (χ2v) is 4.66. The molecule has 0 aromatic carbocycles. The predicted molar refractivity (Wildman–Crippen MR) is 64.2 cm³/mol. The molecule has 0 amide bonds. The molecule has 0 saturated carbocycles. The minimum absolute atomic E-state index is 0.659. The largest absolute Gasteiger partial charge is 0.381 e. The van der Waals surface area contributed by atoms with E-state index in [0.29, 0.717) is 6.04 Å². The van der Waals surface area contributed by atoms with Gasteiger partial charge in [0.2, 0.25) is 0 Å². The van der Waals surface area contributed by atoms with Crippen molar-refractivity contribution < 1.29 is 4.74 Å². The van der Waals surface area contributed by atoms with Gasteiger partial charge in [-0.1, -0.05) is 6.92 Å². The number of nitrogens with zero attached hydrogens (tertiary/aromatic N) is 1. The molecule has 1 saturated heterocycles. The van der Waals surface area contributed by atoms with Gasteiger partial charge in [0.15, 0.2) is 0 Å². The van der Waals surface area contributed by atoms with Gasteiger partial charge in [0.05, 0.1) is 6.61 Å². The summed E-state index contributed by atoms with van der Waals surface area (Å²) in [4.78, 5) is 2.48. The molecule has 0 aliphatic carbocycles. The van der Waals surface area contributed by atoms with Gasteiger partial charge in [0.1, 0.15) is 0 Å². The van der Waals surface area contributed by atoms with Crippen LogP contribution in [0.1, 0.15) is 27.2 Å². The predicted octanol–water partition coefficient (Wildman–Crippen LogP) is 1.34. The molecule has 3 nitrogen and oxygen atoms in total. The molecular formula is C12H26N2O. The van der Waals surface area contributed by atoms with Gasteiger partial charge >= 0.3 is 0 Å². The zero-order valence-electron chi connectivity index (χ0n) is 10.5. The van der Waals surface area contributed by atoms with Crippen molar-refractivity contribution >= 4 is 0 Å². The van der Waals surface area contributed by atoms with E-state index in [4.69, 9.17) is 4.74 Å². The number of hydrogen-bond donors (Lipinski definition) is 1. The van der Waals surface area contributed by atoms with Crippen molar-refractivity contribution in [2.24, 2.45) is 5.92 Å². The molecule has 1 unspecified atom stereocenters. The van der Waals surface area contributed by atoms with Crippen LogP contribution >= 0.6 is 0 Å². The summed E-state index contributed by atoms with van der Waals surface area (Å²) >= 11 is 0. The fraction of sp³-hybridized carbons (Fsp3) is 1.00. The summed E-state index contributed by atoms with van der Waals surface area (Å²) in [6, 6.07) is 0.659. The number of nitrogens with one attached hydrogen (secondary N) is 1. The van der Waals surface area contributed by atoms with Gasteiger partial charge in [-0.3, -0.25) is 4.90 Å². The third kappa shape index (κ3) is 4.96. The van der Waals surface area contributed by atoms with Crippen molar-refractivity contribution in [3.63, 3.8) is 0 Å². The molecule has 90 valence electrons. The molecule has 3 heteroatoms. The minimum atomic E-state index is 0.659. The smallest absolute Gasteiger partial charge is 0.0507 e. The van der Waals surface area contributed by atoms with Crippen molar-refractivity contribution in [2.45, 2.75) is 33.2 Å². The average molecular weight is 214 g/mol. The van der Waals surface area contributed by atoms with E-state index in [-0.39, 0.29) is 0 Å². The zero-order valence-corrected chi connectivity index (χ0v) is 10.5. The molecule has 1 N–H and O–H groups in total. The van der Waals surface area contributed by atoms with E-state index < -0.39 is 0 Å². The summed E-state index contributed by atoms with van der Waals surface area (Å²) in [5, 5.41) is 3.53. The van der Waals surface area contributed by atoms with Crippen molar-refractivity contribution in [1.82, 2.24) is 10.2 Å². The molecule has 15 heavy (non-hydrogen) atoms. The Morgan fingerprint density at radius 2 is 2.27 bits per heavy atom. The van der Waals surface area contributed by atoms with Gasteiger partial charge in [-0.2, -0.15) is 0 Å². The third-order valence-corrected chi connectivity index (χ3v) is 3.17. The summed E-state index contributed by atoms with van der Waals surface area (Å²) in [6.45, 7) is 13.2. The summed E-state index contributed by atoms with van der Waals surface area (Å²) in [5.74, 6) is 0.749. The van der Waals surface area contributed by atoms with E-state index in [0.717, 1.165) is 45.3 Å². The first-order chi connectivity index (χ1) is 7.24. The highest BCUT2D eigenvalue weighted by atomic mass is 16.5. The second kappa shape index (κ2) is 7.20. The summed E-state index contributed by atoms with van der Waals surface area (Å²) in [7, 11) is 0. The van der Waals surface area contributed by atoms with Crippen LogP contribution in [-0.2, 0) is 4.74 Å². The summed E-state index contributed by atoms with van der Waals surface area (Å²) < 4.78 is 5.34. The Labute approximate surface area is 94.2 Å². The standard InChI is InChI=1S/C12H26N2O/c1-4-14(11(2)3)7-6-13-9-12-5-8-15-10-12/h11-13H,4-10H2,1-3H3. The van der Waals surface area contributed by atoms with Gasteiger partial charge in [-0.25, -0.2) is 0 Å². The quantitative estimate of drug-likeness (QED) is 0.647. The van der Waals surface area contributed by atoms with E-state index in [2.05, 4.69) is 31.0 Å². The lowest BCUT2D eigenvalue weighted by Gasteiger charge is -2.25. The highest BCUT2D eigenvalue weighted by molar-refractivity contribution is 4.68. The monoisotopic (exact) mass is 214 g/mol. The van der Waals surface area contributed by atoms with Crippen LogP contribution in [0.4, 0.5) is 0 Å². The average Bonchev–Trinajstić information content (AvgIpc) is 2.70. The highest BCUT2D eigenvalue weighted by Gasteiger charge is 2.14. The maximum absolute atomic E-state index is 5.34.